The van der Waals surface area contributed by atoms with Gasteiger partial charge in [0.05, 0.1) is 12.0 Å². The van der Waals surface area contributed by atoms with Crippen LogP contribution in [0.4, 0.5) is 0 Å². The summed E-state index contributed by atoms with van der Waals surface area (Å²) in [6.07, 6.45) is -0.111. The van der Waals surface area contributed by atoms with Gasteiger partial charge < -0.3 is 15.0 Å². The van der Waals surface area contributed by atoms with Crippen LogP contribution in [0.15, 0.2) is 30.3 Å². The number of carboxylic acids is 1. The number of rotatable bonds is 5. The molecule has 1 aromatic carbocycles. The van der Waals surface area contributed by atoms with E-state index in [4.69, 9.17) is 5.11 Å². The summed E-state index contributed by atoms with van der Waals surface area (Å²) >= 11 is 0. The molecule has 1 atom stereocenters. The molecule has 22 heavy (non-hydrogen) atoms. The van der Waals surface area contributed by atoms with Crippen molar-refractivity contribution >= 4 is 22.8 Å². The van der Waals surface area contributed by atoms with Crippen LogP contribution in [0.3, 0.4) is 0 Å². The van der Waals surface area contributed by atoms with Gasteiger partial charge in [0, 0.05) is 18.0 Å². The van der Waals surface area contributed by atoms with E-state index in [1.54, 1.807) is 6.92 Å². The Kier molecular flexibility index (Phi) is 4.26. The molecule has 0 radical (unpaired) electrons. The predicted octanol–water partition coefficient (Wildman–Crippen LogP) is 2.80. The number of carbonyl (C=O) groups is 2. The van der Waals surface area contributed by atoms with Crippen molar-refractivity contribution in [3.8, 4) is 0 Å². The number of hydrogen-bond acceptors (Lipinski definition) is 2. The summed E-state index contributed by atoms with van der Waals surface area (Å²) in [6.45, 7) is 5.59. The molecule has 0 saturated heterocycles. The third kappa shape index (κ3) is 2.98. The highest BCUT2D eigenvalue weighted by Crippen LogP contribution is 2.23. The van der Waals surface area contributed by atoms with E-state index in [-0.39, 0.29) is 18.2 Å². The van der Waals surface area contributed by atoms with Crippen molar-refractivity contribution in [1.29, 1.82) is 0 Å². The highest BCUT2D eigenvalue weighted by molar-refractivity contribution is 5.99. The van der Waals surface area contributed by atoms with Gasteiger partial charge in [-0.2, -0.15) is 0 Å². The van der Waals surface area contributed by atoms with Gasteiger partial charge in [-0.1, -0.05) is 32.0 Å². The molecule has 0 aliphatic rings. The normalized spacial score (nSPS) is 14.0. The van der Waals surface area contributed by atoms with Gasteiger partial charge in [0.25, 0.3) is 5.91 Å². The lowest BCUT2D eigenvalue weighted by Gasteiger charge is -2.33. The zero-order chi connectivity index (χ0) is 16.5. The third-order valence-electron chi connectivity index (χ3n) is 4.38. The number of para-hydroxylation sites is 1. The molecule has 2 N–H and O–H groups in total. The van der Waals surface area contributed by atoms with Crippen molar-refractivity contribution in [3.63, 3.8) is 0 Å². The van der Waals surface area contributed by atoms with E-state index in [1.165, 1.54) is 0 Å². The first kappa shape index (κ1) is 16.1. The number of fused-ring (bicyclic) bond motifs is 1. The summed E-state index contributed by atoms with van der Waals surface area (Å²) in [7, 11) is 1.83. The maximum atomic E-state index is 12.6. The first-order valence-electron chi connectivity index (χ1n) is 7.33. The van der Waals surface area contributed by atoms with E-state index in [1.807, 2.05) is 55.8 Å². The van der Waals surface area contributed by atoms with Crippen molar-refractivity contribution in [2.75, 3.05) is 0 Å². The molecule has 5 nitrogen and oxygen atoms in total. The molecule has 0 spiro atoms. The molecule has 5 heteroatoms. The standard InChI is InChI=1S/C17H22N2O3/c1-11(2)17(3,10-15(20)21)18-16(22)14-9-12-7-5-6-8-13(12)19(14)4/h5-9,11H,10H2,1-4H3,(H,18,22)(H,20,21). The largest absolute Gasteiger partial charge is 0.481 e. The average Bonchev–Trinajstić information content (AvgIpc) is 2.75. The SMILES string of the molecule is CC(C)C(C)(CC(=O)O)NC(=O)c1cc2ccccc2n1C. The molecule has 1 heterocycles. The van der Waals surface area contributed by atoms with E-state index >= 15 is 0 Å². The highest BCUT2D eigenvalue weighted by atomic mass is 16.4. The fraction of sp³-hybridized carbons (Fsp3) is 0.412. The number of hydrogen-bond donors (Lipinski definition) is 2. The molecule has 1 amide bonds. The van der Waals surface area contributed by atoms with Gasteiger partial charge in [0.1, 0.15) is 5.69 Å². The van der Waals surface area contributed by atoms with Gasteiger partial charge in [-0.05, 0) is 25.0 Å². The fourth-order valence-electron chi connectivity index (χ4n) is 2.54. The number of carboxylic acid groups (broad SMARTS) is 1. The number of nitrogens with zero attached hydrogens (tertiary/aromatic N) is 1. The van der Waals surface area contributed by atoms with Crippen molar-refractivity contribution in [2.45, 2.75) is 32.7 Å². The summed E-state index contributed by atoms with van der Waals surface area (Å²) in [6, 6.07) is 9.57. The van der Waals surface area contributed by atoms with Gasteiger partial charge in [-0.15, -0.1) is 0 Å². The number of benzene rings is 1. The summed E-state index contributed by atoms with van der Waals surface area (Å²) < 4.78 is 1.83. The van der Waals surface area contributed by atoms with Crippen molar-refractivity contribution in [1.82, 2.24) is 9.88 Å². The van der Waals surface area contributed by atoms with Crippen LogP contribution in [-0.2, 0) is 11.8 Å². The first-order chi connectivity index (χ1) is 10.2. The van der Waals surface area contributed by atoms with E-state index < -0.39 is 11.5 Å². The molecule has 2 aromatic rings. The summed E-state index contributed by atoms with van der Waals surface area (Å²) in [5.74, 6) is -1.17. The molecule has 0 bridgehead atoms. The molecule has 0 aliphatic carbocycles. The molecule has 0 saturated carbocycles. The number of nitrogens with one attached hydrogen (secondary N) is 1. The van der Waals surface area contributed by atoms with Gasteiger partial charge in [0.15, 0.2) is 0 Å². The second-order valence-electron chi connectivity index (χ2n) is 6.24. The van der Waals surface area contributed by atoms with Crippen molar-refractivity contribution in [2.24, 2.45) is 13.0 Å². The quantitative estimate of drug-likeness (QED) is 0.892. The van der Waals surface area contributed by atoms with E-state index in [0.717, 1.165) is 10.9 Å². The van der Waals surface area contributed by atoms with Crippen LogP contribution < -0.4 is 5.32 Å². The topological polar surface area (TPSA) is 71.3 Å². The van der Waals surface area contributed by atoms with Gasteiger partial charge >= 0.3 is 5.97 Å². The summed E-state index contributed by atoms with van der Waals surface area (Å²) in [5.41, 5.74) is 0.704. The Bertz CT molecular complexity index is 718. The molecular formula is C17H22N2O3. The van der Waals surface area contributed by atoms with Crippen LogP contribution >= 0.6 is 0 Å². The number of aryl methyl sites for hydroxylation is 1. The lowest BCUT2D eigenvalue weighted by Crippen LogP contribution is -2.51. The Labute approximate surface area is 129 Å². The Balaban J connectivity index is 2.33. The van der Waals surface area contributed by atoms with Crippen molar-refractivity contribution < 1.29 is 14.7 Å². The van der Waals surface area contributed by atoms with Gasteiger partial charge in [0.2, 0.25) is 0 Å². The molecule has 0 fully saturated rings. The summed E-state index contributed by atoms with van der Waals surface area (Å²) in [4.78, 5) is 23.7. The average molecular weight is 302 g/mol. The predicted molar refractivity (Wildman–Crippen MR) is 85.9 cm³/mol. The van der Waals surface area contributed by atoms with Crippen LogP contribution in [0.2, 0.25) is 0 Å². The second-order valence-corrected chi connectivity index (χ2v) is 6.24. The lowest BCUT2D eigenvalue weighted by molar-refractivity contribution is -0.138. The van der Waals surface area contributed by atoms with Crippen LogP contribution in [0.25, 0.3) is 10.9 Å². The molecular weight excluding hydrogens is 280 g/mol. The number of aromatic nitrogens is 1. The van der Waals surface area contributed by atoms with E-state index in [0.29, 0.717) is 5.69 Å². The Morgan fingerprint density at radius 2 is 1.95 bits per heavy atom. The maximum absolute atomic E-state index is 12.6. The van der Waals surface area contributed by atoms with Crippen molar-refractivity contribution in [3.05, 3.63) is 36.0 Å². The zero-order valence-electron chi connectivity index (χ0n) is 13.4. The van der Waals surface area contributed by atoms with Crippen LogP contribution in [-0.4, -0.2) is 27.1 Å². The Hall–Kier alpha value is -2.30. The number of amides is 1. The Morgan fingerprint density at radius 1 is 1.32 bits per heavy atom. The maximum Gasteiger partial charge on any atom is 0.305 e. The van der Waals surface area contributed by atoms with Gasteiger partial charge in [-0.25, -0.2) is 0 Å². The van der Waals surface area contributed by atoms with E-state index in [2.05, 4.69) is 5.32 Å². The number of carbonyl (C=O) groups excluding carboxylic acids is 1. The number of aliphatic carboxylic acids is 1. The first-order valence-corrected chi connectivity index (χ1v) is 7.33. The molecule has 118 valence electrons. The molecule has 1 aromatic heterocycles. The fourth-order valence-corrected chi connectivity index (χ4v) is 2.54. The second kappa shape index (κ2) is 5.83. The minimum atomic E-state index is -0.923. The third-order valence-corrected chi connectivity index (χ3v) is 4.38. The molecule has 2 rings (SSSR count). The minimum absolute atomic E-state index is 0.00207. The van der Waals surface area contributed by atoms with E-state index in [9.17, 15) is 9.59 Å². The van der Waals surface area contributed by atoms with Crippen LogP contribution in [0.5, 0.6) is 0 Å². The van der Waals surface area contributed by atoms with Crippen LogP contribution in [0.1, 0.15) is 37.7 Å². The summed E-state index contributed by atoms with van der Waals surface area (Å²) in [5, 5.41) is 13.0. The highest BCUT2D eigenvalue weighted by Gasteiger charge is 2.33. The zero-order valence-corrected chi connectivity index (χ0v) is 13.4. The monoisotopic (exact) mass is 302 g/mol. The molecule has 1 unspecified atom stereocenters. The smallest absolute Gasteiger partial charge is 0.305 e. The molecule has 0 aliphatic heterocycles. The van der Waals surface area contributed by atoms with Crippen LogP contribution in [0, 0.1) is 5.92 Å². The lowest BCUT2D eigenvalue weighted by atomic mass is 9.85. The van der Waals surface area contributed by atoms with Gasteiger partial charge in [-0.3, -0.25) is 9.59 Å². The minimum Gasteiger partial charge on any atom is -0.481 e. The Morgan fingerprint density at radius 3 is 2.50 bits per heavy atom.